The van der Waals surface area contributed by atoms with Crippen LogP contribution in [0, 0.1) is 12.5 Å². The summed E-state index contributed by atoms with van der Waals surface area (Å²) in [5.74, 6) is 1.10. The van der Waals surface area contributed by atoms with E-state index in [1.807, 2.05) is 6.07 Å². The third-order valence-corrected chi connectivity index (χ3v) is 4.87. The highest BCUT2D eigenvalue weighted by Crippen LogP contribution is 2.29. The highest BCUT2D eigenvalue weighted by atomic mass is 32.2. The van der Waals surface area contributed by atoms with E-state index in [-0.39, 0.29) is 5.92 Å². The fraction of sp³-hybridized carbons (Fsp3) is 0.438. The molecule has 2 heterocycles. The van der Waals surface area contributed by atoms with Crippen molar-refractivity contribution in [1.82, 2.24) is 14.7 Å². The minimum absolute atomic E-state index is 0.251. The van der Waals surface area contributed by atoms with Gasteiger partial charge < -0.3 is 4.90 Å². The Morgan fingerprint density at radius 1 is 1.42 bits per heavy atom. The Balaban J connectivity index is 1.83. The van der Waals surface area contributed by atoms with Crippen molar-refractivity contribution in [3.63, 3.8) is 0 Å². The van der Waals surface area contributed by atoms with Crippen LogP contribution in [-0.2, 0) is 10.0 Å². The summed E-state index contributed by atoms with van der Waals surface area (Å²) in [5.41, 5.74) is 1.31. The summed E-state index contributed by atoms with van der Waals surface area (Å²) >= 11 is 0. The predicted molar refractivity (Wildman–Crippen MR) is 93.6 cm³/mol. The van der Waals surface area contributed by atoms with Crippen LogP contribution in [0.3, 0.4) is 0 Å². The molecule has 1 atom stereocenters. The molecule has 0 aliphatic carbocycles. The van der Waals surface area contributed by atoms with Crippen molar-refractivity contribution in [3.8, 4) is 0 Å². The van der Waals surface area contributed by atoms with Crippen LogP contribution in [0.2, 0.25) is 0 Å². The zero-order valence-electron chi connectivity index (χ0n) is 13.4. The molecule has 1 aliphatic heterocycles. The van der Waals surface area contributed by atoms with Gasteiger partial charge in [0.05, 0.1) is 18.3 Å². The van der Waals surface area contributed by atoms with E-state index in [0.717, 1.165) is 42.7 Å². The van der Waals surface area contributed by atoms with Gasteiger partial charge in [-0.25, -0.2) is 28.0 Å². The summed E-state index contributed by atoms with van der Waals surface area (Å²) in [6.45, 7) is 9.18. The molecule has 0 saturated carbocycles. The zero-order valence-corrected chi connectivity index (χ0v) is 14.3. The molecule has 1 N–H and O–H groups in total. The fourth-order valence-corrected chi connectivity index (χ4v) is 3.58. The van der Waals surface area contributed by atoms with Gasteiger partial charge >= 0.3 is 0 Å². The van der Waals surface area contributed by atoms with Crippen molar-refractivity contribution in [3.05, 3.63) is 35.9 Å². The Morgan fingerprint density at radius 2 is 2.25 bits per heavy atom. The SMILES string of the molecule is [C-]#[N+]c1ccc2c(N3CCCC(CNS(C)(=O)=O)C3)ncnc2c1. The van der Waals surface area contributed by atoms with Gasteiger partial charge in [0.1, 0.15) is 12.1 Å². The van der Waals surface area contributed by atoms with E-state index in [0.29, 0.717) is 12.2 Å². The number of aromatic nitrogens is 2. The van der Waals surface area contributed by atoms with Crippen molar-refractivity contribution in [2.45, 2.75) is 12.8 Å². The molecule has 1 aromatic carbocycles. The molecule has 2 aromatic rings. The molecular formula is C16H19N5O2S. The van der Waals surface area contributed by atoms with Crippen LogP contribution in [-0.4, -0.2) is 44.3 Å². The third kappa shape index (κ3) is 3.80. The first kappa shape index (κ1) is 16.6. The first-order valence-corrected chi connectivity index (χ1v) is 9.67. The van der Waals surface area contributed by atoms with Gasteiger partial charge in [-0.2, -0.15) is 0 Å². The van der Waals surface area contributed by atoms with Crippen molar-refractivity contribution >= 4 is 32.4 Å². The van der Waals surface area contributed by atoms with Crippen molar-refractivity contribution in [1.29, 1.82) is 0 Å². The highest BCUT2D eigenvalue weighted by Gasteiger charge is 2.23. The zero-order chi connectivity index (χ0) is 17.2. The standard InChI is InChI=1S/C16H19N5O2S/c1-17-13-5-6-14-15(8-13)18-11-19-16(14)21-7-3-4-12(10-21)9-20-24(2,22)23/h5-6,8,11-12,20H,3-4,7,9-10H2,2H3. The number of benzene rings is 1. The number of sulfonamides is 1. The van der Waals surface area contributed by atoms with Crippen molar-refractivity contribution in [2.75, 3.05) is 30.8 Å². The lowest BCUT2D eigenvalue weighted by atomic mass is 9.98. The molecule has 3 rings (SSSR count). The smallest absolute Gasteiger partial charge is 0.208 e. The number of anilines is 1. The Hall–Kier alpha value is -2.24. The predicted octanol–water partition coefficient (Wildman–Crippen LogP) is 1.95. The van der Waals surface area contributed by atoms with Gasteiger partial charge in [-0.3, -0.25) is 0 Å². The second-order valence-electron chi connectivity index (χ2n) is 6.09. The molecule has 1 fully saturated rings. The van der Waals surface area contributed by atoms with E-state index in [1.165, 1.54) is 12.6 Å². The van der Waals surface area contributed by atoms with Gasteiger partial charge in [0.15, 0.2) is 5.69 Å². The first-order chi connectivity index (χ1) is 11.5. The van der Waals surface area contributed by atoms with Crippen LogP contribution >= 0.6 is 0 Å². The van der Waals surface area contributed by atoms with Crippen LogP contribution in [0.4, 0.5) is 11.5 Å². The topological polar surface area (TPSA) is 79.5 Å². The van der Waals surface area contributed by atoms with Crippen LogP contribution in [0.15, 0.2) is 24.5 Å². The van der Waals surface area contributed by atoms with Crippen LogP contribution in [0.1, 0.15) is 12.8 Å². The number of hydrogen-bond donors (Lipinski definition) is 1. The number of nitrogens with zero attached hydrogens (tertiary/aromatic N) is 4. The molecule has 7 nitrogen and oxygen atoms in total. The normalized spacial score (nSPS) is 18.5. The average molecular weight is 345 g/mol. The van der Waals surface area contributed by atoms with Crippen LogP contribution in [0.25, 0.3) is 15.7 Å². The number of nitrogens with one attached hydrogen (secondary N) is 1. The van der Waals surface area contributed by atoms with Crippen LogP contribution in [0.5, 0.6) is 0 Å². The van der Waals surface area contributed by atoms with Gasteiger partial charge in [-0.15, -0.1) is 0 Å². The molecule has 0 amide bonds. The molecule has 24 heavy (non-hydrogen) atoms. The molecule has 1 saturated heterocycles. The van der Waals surface area contributed by atoms with E-state index in [4.69, 9.17) is 6.57 Å². The van der Waals surface area contributed by atoms with E-state index >= 15 is 0 Å². The van der Waals surface area contributed by atoms with E-state index in [1.54, 1.807) is 12.1 Å². The Bertz CT molecular complexity index is 891. The first-order valence-electron chi connectivity index (χ1n) is 7.78. The number of rotatable bonds is 4. The van der Waals surface area contributed by atoms with Crippen molar-refractivity contribution < 1.29 is 8.42 Å². The van der Waals surface area contributed by atoms with Crippen LogP contribution < -0.4 is 9.62 Å². The van der Waals surface area contributed by atoms with E-state index < -0.39 is 10.0 Å². The Morgan fingerprint density at radius 3 is 3.00 bits per heavy atom. The minimum Gasteiger partial charge on any atom is -0.356 e. The summed E-state index contributed by atoms with van der Waals surface area (Å²) in [5, 5.41) is 0.918. The molecule has 126 valence electrons. The Labute approximate surface area is 141 Å². The fourth-order valence-electron chi connectivity index (χ4n) is 3.05. The molecule has 0 radical (unpaired) electrons. The molecule has 8 heteroatoms. The lowest BCUT2D eigenvalue weighted by molar-refractivity contribution is 0.410. The van der Waals surface area contributed by atoms with E-state index in [9.17, 15) is 8.42 Å². The second-order valence-corrected chi connectivity index (χ2v) is 7.92. The minimum atomic E-state index is -3.17. The quantitative estimate of drug-likeness (QED) is 0.857. The molecule has 1 aromatic heterocycles. The van der Waals surface area contributed by atoms with E-state index in [2.05, 4.69) is 24.4 Å². The van der Waals surface area contributed by atoms with Crippen molar-refractivity contribution in [2.24, 2.45) is 5.92 Å². The second kappa shape index (κ2) is 6.71. The van der Waals surface area contributed by atoms with Gasteiger partial charge in [0, 0.05) is 25.0 Å². The van der Waals surface area contributed by atoms with Gasteiger partial charge in [-0.05, 0) is 24.8 Å². The average Bonchev–Trinajstić information content (AvgIpc) is 2.58. The number of piperidine rings is 1. The van der Waals surface area contributed by atoms with Gasteiger partial charge in [-0.1, -0.05) is 12.1 Å². The van der Waals surface area contributed by atoms with Gasteiger partial charge in [0.2, 0.25) is 10.0 Å². The summed E-state index contributed by atoms with van der Waals surface area (Å²) in [6.07, 6.45) is 4.68. The maximum Gasteiger partial charge on any atom is 0.208 e. The van der Waals surface area contributed by atoms with Gasteiger partial charge in [0.25, 0.3) is 0 Å². The largest absolute Gasteiger partial charge is 0.356 e. The molecular weight excluding hydrogens is 326 g/mol. The lowest BCUT2D eigenvalue weighted by Crippen LogP contribution is -2.41. The third-order valence-electron chi connectivity index (χ3n) is 4.18. The summed E-state index contributed by atoms with van der Waals surface area (Å²) < 4.78 is 25.2. The molecule has 0 bridgehead atoms. The maximum atomic E-state index is 11.3. The highest BCUT2D eigenvalue weighted by molar-refractivity contribution is 7.88. The summed E-state index contributed by atoms with van der Waals surface area (Å²) in [6, 6.07) is 5.42. The lowest BCUT2D eigenvalue weighted by Gasteiger charge is -2.34. The summed E-state index contributed by atoms with van der Waals surface area (Å²) in [4.78, 5) is 14.3. The molecule has 1 unspecified atom stereocenters. The monoisotopic (exact) mass is 345 g/mol. The number of fused-ring (bicyclic) bond motifs is 1. The summed E-state index contributed by atoms with van der Waals surface area (Å²) in [7, 11) is -3.17. The molecule has 0 spiro atoms. The Kier molecular flexibility index (Phi) is 4.64. The molecule has 1 aliphatic rings. The maximum absolute atomic E-state index is 11.3. The number of hydrogen-bond acceptors (Lipinski definition) is 5.